The SMILES string of the molecule is Cc1[nH]c2ccccc2c1C(=O)[C@@H](C)OC(=O)c1c2c(nc3ccccc13)/C(=C/c1cccs1)CCC2. The van der Waals surface area contributed by atoms with E-state index in [0.717, 1.165) is 68.5 Å². The molecule has 0 saturated carbocycles. The molecule has 0 radical (unpaired) electrons. The molecule has 0 spiro atoms. The first kappa shape index (κ1) is 23.4. The molecular weight excluding hydrogens is 480 g/mol. The summed E-state index contributed by atoms with van der Waals surface area (Å²) in [6.07, 6.45) is 3.81. The Hall–Kier alpha value is -4.03. The Bertz CT molecular complexity index is 1690. The van der Waals surface area contributed by atoms with Crippen LogP contribution in [0.4, 0.5) is 0 Å². The second-order valence-corrected chi connectivity index (χ2v) is 10.4. The molecule has 6 rings (SSSR count). The highest BCUT2D eigenvalue weighted by atomic mass is 32.1. The van der Waals surface area contributed by atoms with E-state index in [9.17, 15) is 9.59 Å². The Balaban J connectivity index is 1.40. The predicted octanol–water partition coefficient (Wildman–Crippen LogP) is 7.39. The number of aromatic nitrogens is 2. The van der Waals surface area contributed by atoms with E-state index in [1.165, 1.54) is 0 Å². The number of aryl methyl sites for hydroxylation is 1. The van der Waals surface area contributed by atoms with Crippen LogP contribution in [0.3, 0.4) is 0 Å². The lowest BCUT2D eigenvalue weighted by atomic mass is 9.86. The van der Waals surface area contributed by atoms with E-state index in [2.05, 4.69) is 22.5 Å². The standard InChI is InChI=1S/C31H26N2O3S/c1-18-27(22-11-3-5-14-25(22)32-18)30(34)19(2)36-31(35)28-23-12-4-6-15-26(23)33-29-20(9-7-13-24(28)29)17-21-10-8-16-37-21/h3-6,8,10-12,14-17,19,32H,7,9,13H2,1-2H3/b20-17+/t19-/m1/s1. The van der Waals surface area contributed by atoms with Crippen molar-refractivity contribution in [1.29, 1.82) is 0 Å². The number of benzene rings is 2. The van der Waals surface area contributed by atoms with Gasteiger partial charge in [-0.05, 0) is 73.9 Å². The van der Waals surface area contributed by atoms with Crippen LogP contribution in [0.25, 0.3) is 33.5 Å². The summed E-state index contributed by atoms with van der Waals surface area (Å²) in [6, 6.07) is 19.5. The average molecular weight is 507 g/mol. The Kier molecular flexibility index (Phi) is 5.97. The lowest BCUT2D eigenvalue weighted by Gasteiger charge is -2.23. The Morgan fingerprint density at radius 2 is 1.78 bits per heavy atom. The van der Waals surface area contributed by atoms with Gasteiger partial charge in [0, 0.05) is 32.4 Å². The third kappa shape index (κ3) is 4.17. The van der Waals surface area contributed by atoms with Gasteiger partial charge in [-0.2, -0.15) is 0 Å². The van der Waals surface area contributed by atoms with Crippen molar-refractivity contribution in [2.24, 2.45) is 0 Å². The van der Waals surface area contributed by atoms with Crippen LogP contribution in [0.1, 0.15) is 62.3 Å². The number of thiophene rings is 1. The maximum Gasteiger partial charge on any atom is 0.339 e. The Morgan fingerprint density at radius 1 is 1.00 bits per heavy atom. The van der Waals surface area contributed by atoms with Crippen LogP contribution in [0.15, 0.2) is 66.0 Å². The molecule has 5 nitrogen and oxygen atoms in total. The number of hydrogen-bond acceptors (Lipinski definition) is 5. The fraction of sp³-hybridized carbons (Fsp3) is 0.194. The third-order valence-corrected chi connectivity index (χ3v) is 7.85. The van der Waals surface area contributed by atoms with Crippen molar-refractivity contribution >= 4 is 56.5 Å². The second kappa shape index (κ2) is 9.45. The van der Waals surface area contributed by atoms with Crippen molar-refractivity contribution in [3.63, 3.8) is 0 Å². The first-order valence-electron chi connectivity index (χ1n) is 12.5. The summed E-state index contributed by atoms with van der Waals surface area (Å²) in [5.74, 6) is -0.695. The van der Waals surface area contributed by atoms with E-state index in [0.29, 0.717) is 11.1 Å². The number of ketones is 1. The van der Waals surface area contributed by atoms with Gasteiger partial charge in [-0.1, -0.05) is 42.5 Å². The zero-order chi connectivity index (χ0) is 25.5. The third-order valence-electron chi connectivity index (χ3n) is 7.03. The lowest BCUT2D eigenvalue weighted by molar-refractivity contribution is 0.0320. The molecule has 0 bridgehead atoms. The first-order chi connectivity index (χ1) is 18.0. The summed E-state index contributed by atoms with van der Waals surface area (Å²) in [6.45, 7) is 3.52. The molecule has 2 aromatic carbocycles. The summed E-state index contributed by atoms with van der Waals surface area (Å²) in [4.78, 5) is 36.6. The van der Waals surface area contributed by atoms with E-state index in [1.807, 2.05) is 61.5 Å². The minimum absolute atomic E-state index is 0.214. The molecule has 184 valence electrons. The number of carbonyl (C=O) groups excluding carboxylic acids is 2. The molecule has 37 heavy (non-hydrogen) atoms. The van der Waals surface area contributed by atoms with Crippen LogP contribution in [-0.2, 0) is 11.2 Å². The lowest BCUT2D eigenvalue weighted by Crippen LogP contribution is -2.26. The van der Waals surface area contributed by atoms with E-state index >= 15 is 0 Å². The van der Waals surface area contributed by atoms with Crippen LogP contribution in [-0.4, -0.2) is 27.8 Å². The molecule has 5 aromatic rings. The maximum absolute atomic E-state index is 13.8. The summed E-state index contributed by atoms with van der Waals surface area (Å²) in [5, 5.41) is 3.65. The number of hydrogen-bond donors (Lipinski definition) is 1. The van der Waals surface area contributed by atoms with Gasteiger partial charge in [-0.3, -0.25) is 4.79 Å². The highest BCUT2D eigenvalue weighted by Gasteiger charge is 2.29. The van der Waals surface area contributed by atoms with Crippen LogP contribution in [0.2, 0.25) is 0 Å². The number of allylic oxidation sites excluding steroid dienone is 1. The normalized spacial score (nSPS) is 15.1. The quantitative estimate of drug-likeness (QED) is 0.199. The number of H-pyrrole nitrogens is 1. The zero-order valence-corrected chi connectivity index (χ0v) is 21.5. The van der Waals surface area contributed by atoms with Crippen molar-refractivity contribution in [1.82, 2.24) is 9.97 Å². The van der Waals surface area contributed by atoms with E-state index in [-0.39, 0.29) is 5.78 Å². The van der Waals surface area contributed by atoms with Crippen LogP contribution in [0.5, 0.6) is 0 Å². The van der Waals surface area contributed by atoms with Crippen molar-refractivity contribution < 1.29 is 14.3 Å². The number of Topliss-reactive ketones (excluding diaryl/α,β-unsaturated/α-hetero) is 1. The topological polar surface area (TPSA) is 72.1 Å². The number of carbonyl (C=O) groups is 2. The highest BCUT2D eigenvalue weighted by Crippen LogP contribution is 2.37. The number of aromatic amines is 1. The molecule has 0 aliphatic heterocycles. The number of fused-ring (bicyclic) bond motifs is 3. The van der Waals surface area contributed by atoms with Gasteiger partial charge in [0.05, 0.1) is 16.8 Å². The van der Waals surface area contributed by atoms with Crippen molar-refractivity contribution in [2.45, 2.75) is 39.2 Å². The highest BCUT2D eigenvalue weighted by molar-refractivity contribution is 7.10. The number of esters is 1. The minimum atomic E-state index is -0.933. The number of nitrogens with one attached hydrogen (secondary N) is 1. The molecule has 0 fully saturated rings. The molecule has 0 unspecified atom stereocenters. The molecule has 0 amide bonds. The summed E-state index contributed by atoms with van der Waals surface area (Å²) in [7, 11) is 0. The number of rotatable bonds is 5. The van der Waals surface area contributed by atoms with Gasteiger partial charge in [0.1, 0.15) is 0 Å². The monoisotopic (exact) mass is 506 g/mol. The van der Waals surface area contributed by atoms with E-state index < -0.39 is 12.1 Å². The van der Waals surface area contributed by atoms with Crippen molar-refractivity contribution in [2.75, 3.05) is 0 Å². The van der Waals surface area contributed by atoms with Crippen molar-refractivity contribution in [3.8, 4) is 0 Å². The van der Waals surface area contributed by atoms with Crippen LogP contribution in [0, 0.1) is 6.92 Å². The van der Waals surface area contributed by atoms with Gasteiger partial charge in [0.2, 0.25) is 5.78 Å². The Morgan fingerprint density at radius 3 is 2.59 bits per heavy atom. The fourth-order valence-corrected chi connectivity index (χ4v) is 6.01. The van der Waals surface area contributed by atoms with Gasteiger partial charge < -0.3 is 9.72 Å². The van der Waals surface area contributed by atoms with Gasteiger partial charge in [0.25, 0.3) is 0 Å². The average Bonchev–Trinajstić information content (AvgIpc) is 3.53. The van der Waals surface area contributed by atoms with Gasteiger partial charge in [0.15, 0.2) is 6.10 Å². The van der Waals surface area contributed by atoms with E-state index in [4.69, 9.17) is 9.72 Å². The molecule has 6 heteroatoms. The number of para-hydroxylation sites is 2. The smallest absolute Gasteiger partial charge is 0.339 e. The summed E-state index contributed by atoms with van der Waals surface area (Å²) in [5.41, 5.74) is 6.38. The fourth-order valence-electron chi connectivity index (χ4n) is 5.32. The zero-order valence-electron chi connectivity index (χ0n) is 20.7. The molecule has 3 heterocycles. The summed E-state index contributed by atoms with van der Waals surface area (Å²) < 4.78 is 5.89. The number of ether oxygens (including phenoxy) is 1. The second-order valence-electron chi connectivity index (χ2n) is 9.45. The van der Waals surface area contributed by atoms with Crippen molar-refractivity contribution in [3.05, 3.63) is 99.0 Å². The van der Waals surface area contributed by atoms with Crippen LogP contribution >= 0.6 is 11.3 Å². The first-order valence-corrected chi connectivity index (χ1v) is 13.4. The Labute approximate surface area is 218 Å². The summed E-state index contributed by atoms with van der Waals surface area (Å²) >= 11 is 1.68. The largest absolute Gasteiger partial charge is 0.451 e. The number of pyridine rings is 1. The molecule has 1 aliphatic rings. The van der Waals surface area contributed by atoms with E-state index in [1.54, 1.807) is 18.3 Å². The maximum atomic E-state index is 13.8. The van der Waals surface area contributed by atoms with Gasteiger partial charge in [-0.15, -0.1) is 11.3 Å². The minimum Gasteiger partial charge on any atom is -0.451 e. The van der Waals surface area contributed by atoms with Gasteiger partial charge in [-0.25, -0.2) is 9.78 Å². The van der Waals surface area contributed by atoms with Gasteiger partial charge >= 0.3 is 5.97 Å². The molecule has 1 atom stereocenters. The predicted molar refractivity (Wildman–Crippen MR) is 149 cm³/mol. The molecular formula is C31H26N2O3S. The molecule has 1 N–H and O–H groups in total. The van der Waals surface area contributed by atoms with Crippen LogP contribution < -0.4 is 0 Å². The number of nitrogens with zero attached hydrogens (tertiary/aromatic N) is 1. The molecule has 0 saturated heterocycles. The molecule has 1 aliphatic carbocycles. The molecule has 3 aromatic heterocycles.